The molecule has 0 bridgehead atoms. The zero-order valence-corrected chi connectivity index (χ0v) is 16.4. The molecule has 2 saturated heterocycles. The first kappa shape index (κ1) is 18.5. The van der Waals surface area contributed by atoms with Gasteiger partial charge in [0.1, 0.15) is 5.75 Å². The molecular formula is C21H26N4O3. The van der Waals surface area contributed by atoms with Crippen LogP contribution in [0.1, 0.15) is 37.8 Å². The predicted molar refractivity (Wildman–Crippen MR) is 108 cm³/mol. The summed E-state index contributed by atoms with van der Waals surface area (Å²) in [5, 5.41) is 0. The Hall–Kier alpha value is -2.83. The fourth-order valence-corrected chi connectivity index (χ4v) is 4.20. The van der Waals surface area contributed by atoms with E-state index in [9.17, 15) is 9.59 Å². The molecule has 3 heterocycles. The van der Waals surface area contributed by atoms with E-state index < -0.39 is 0 Å². The standard InChI is InChI=1S/C21H26N4O3/c1-14-6-5-9-24(12-14)21-22-16(11-19(26)23-21)15-10-20(27)25(13-15)17-7-3-4-8-18(17)28-2/h3-4,7-8,11,14-15H,5-6,9-10,12-13H2,1-2H3,(H,22,23,26). The highest BCUT2D eigenvalue weighted by atomic mass is 16.5. The fourth-order valence-electron chi connectivity index (χ4n) is 4.20. The molecule has 148 valence electrons. The zero-order chi connectivity index (χ0) is 19.7. The largest absolute Gasteiger partial charge is 0.495 e. The molecule has 2 aromatic rings. The molecule has 0 radical (unpaired) electrons. The van der Waals surface area contributed by atoms with Gasteiger partial charge in [0, 0.05) is 38.0 Å². The maximum Gasteiger partial charge on any atom is 0.252 e. The fraction of sp³-hybridized carbons (Fsp3) is 0.476. The van der Waals surface area contributed by atoms with Gasteiger partial charge in [0.15, 0.2) is 0 Å². The number of amides is 1. The van der Waals surface area contributed by atoms with Crippen LogP contribution in [0, 0.1) is 5.92 Å². The minimum absolute atomic E-state index is 0.0183. The van der Waals surface area contributed by atoms with E-state index in [1.165, 1.54) is 12.5 Å². The Balaban J connectivity index is 1.60. The van der Waals surface area contributed by atoms with Crippen molar-refractivity contribution in [2.24, 2.45) is 5.92 Å². The second-order valence-electron chi connectivity index (χ2n) is 7.76. The highest BCUT2D eigenvalue weighted by Crippen LogP contribution is 2.36. The molecular weight excluding hydrogens is 356 g/mol. The van der Waals surface area contributed by atoms with E-state index in [4.69, 9.17) is 9.72 Å². The molecule has 2 aliphatic rings. The number of piperidine rings is 1. The first-order valence-corrected chi connectivity index (χ1v) is 9.84. The molecule has 1 amide bonds. The van der Waals surface area contributed by atoms with Crippen molar-refractivity contribution in [3.05, 3.63) is 46.4 Å². The van der Waals surface area contributed by atoms with Crippen LogP contribution >= 0.6 is 0 Å². The third-order valence-electron chi connectivity index (χ3n) is 5.62. The van der Waals surface area contributed by atoms with Crippen molar-refractivity contribution in [3.63, 3.8) is 0 Å². The van der Waals surface area contributed by atoms with E-state index in [1.807, 2.05) is 24.3 Å². The summed E-state index contributed by atoms with van der Waals surface area (Å²) in [6, 6.07) is 9.02. The maximum atomic E-state index is 12.7. The van der Waals surface area contributed by atoms with Gasteiger partial charge >= 0.3 is 0 Å². The number of nitrogens with zero attached hydrogens (tertiary/aromatic N) is 3. The number of carbonyl (C=O) groups excluding carboxylic acids is 1. The summed E-state index contributed by atoms with van der Waals surface area (Å²) >= 11 is 0. The molecule has 0 aliphatic carbocycles. The summed E-state index contributed by atoms with van der Waals surface area (Å²) in [5.74, 6) is 1.78. The first-order valence-electron chi connectivity index (χ1n) is 9.84. The molecule has 1 N–H and O–H groups in total. The Morgan fingerprint density at radius 1 is 1.21 bits per heavy atom. The summed E-state index contributed by atoms with van der Waals surface area (Å²) in [6.45, 7) is 4.50. The van der Waals surface area contributed by atoms with E-state index in [1.54, 1.807) is 12.0 Å². The number of hydrogen-bond donors (Lipinski definition) is 1. The number of aromatic amines is 1. The van der Waals surface area contributed by atoms with Gasteiger partial charge in [0.05, 0.1) is 18.5 Å². The Morgan fingerprint density at radius 2 is 2.04 bits per heavy atom. The van der Waals surface area contributed by atoms with Crippen molar-refractivity contribution in [2.75, 3.05) is 36.5 Å². The van der Waals surface area contributed by atoms with Crippen molar-refractivity contribution >= 4 is 17.5 Å². The summed E-state index contributed by atoms with van der Waals surface area (Å²) in [6.07, 6.45) is 2.63. The van der Waals surface area contributed by atoms with Gasteiger partial charge in [-0.15, -0.1) is 0 Å². The van der Waals surface area contributed by atoms with Gasteiger partial charge in [-0.05, 0) is 30.9 Å². The molecule has 2 unspecified atom stereocenters. The summed E-state index contributed by atoms with van der Waals surface area (Å²) in [4.78, 5) is 36.5. The number of H-pyrrole nitrogens is 1. The van der Waals surface area contributed by atoms with Gasteiger partial charge in [-0.25, -0.2) is 4.98 Å². The van der Waals surface area contributed by atoms with Gasteiger partial charge in [-0.1, -0.05) is 19.1 Å². The molecule has 1 aromatic carbocycles. The minimum Gasteiger partial charge on any atom is -0.495 e. The van der Waals surface area contributed by atoms with Crippen LogP contribution in [0.25, 0.3) is 0 Å². The molecule has 28 heavy (non-hydrogen) atoms. The molecule has 1 aromatic heterocycles. The van der Waals surface area contributed by atoms with Gasteiger partial charge < -0.3 is 14.5 Å². The van der Waals surface area contributed by atoms with E-state index in [2.05, 4.69) is 16.8 Å². The topological polar surface area (TPSA) is 78.5 Å². The molecule has 2 atom stereocenters. The smallest absolute Gasteiger partial charge is 0.252 e. The Bertz CT molecular complexity index is 926. The van der Waals surface area contributed by atoms with Crippen molar-refractivity contribution in [2.45, 2.75) is 32.1 Å². The first-order chi connectivity index (χ1) is 13.5. The maximum absolute atomic E-state index is 12.7. The highest BCUT2D eigenvalue weighted by molar-refractivity contribution is 5.97. The quantitative estimate of drug-likeness (QED) is 0.879. The van der Waals surface area contributed by atoms with Crippen LogP contribution in [-0.4, -0.2) is 42.6 Å². The number of carbonyl (C=O) groups is 1. The van der Waals surface area contributed by atoms with Gasteiger partial charge in [-0.2, -0.15) is 0 Å². The molecule has 7 heteroatoms. The lowest BCUT2D eigenvalue weighted by Crippen LogP contribution is -2.36. The SMILES string of the molecule is COc1ccccc1N1CC(c2cc(=O)[nH]c(N3CCCC(C)C3)n2)CC1=O. The van der Waals surface area contributed by atoms with Crippen molar-refractivity contribution in [1.29, 1.82) is 0 Å². The van der Waals surface area contributed by atoms with E-state index in [-0.39, 0.29) is 17.4 Å². The molecule has 7 nitrogen and oxygen atoms in total. The average Bonchev–Trinajstić information content (AvgIpc) is 3.09. The predicted octanol–water partition coefficient (Wildman–Crippen LogP) is 2.54. The average molecular weight is 382 g/mol. The monoisotopic (exact) mass is 382 g/mol. The zero-order valence-electron chi connectivity index (χ0n) is 16.4. The Kier molecular flexibility index (Phi) is 5.07. The lowest BCUT2D eigenvalue weighted by atomic mass is 10.0. The third-order valence-corrected chi connectivity index (χ3v) is 5.62. The van der Waals surface area contributed by atoms with Crippen LogP contribution in [0.5, 0.6) is 5.75 Å². The highest BCUT2D eigenvalue weighted by Gasteiger charge is 2.34. The number of rotatable bonds is 4. The number of benzene rings is 1. The number of methoxy groups -OCH3 is 1. The van der Waals surface area contributed by atoms with Gasteiger partial charge in [0.25, 0.3) is 5.56 Å². The number of nitrogens with one attached hydrogen (secondary N) is 1. The lowest BCUT2D eigenvalue weighted by Gasteiger charge is -2.31. The molecule has 2 fully saturated rings. The second-order valence-corrected chi connectivity index (χ2v) is 7.76. The summed E-state index contributed by atoms with van der Waals surface area (Å²) < 4.78 is 5.40. The second kappa shape index (κ2) is 7.66. The molecule has 4 rings (SSSR count). The molecule has 2 aliphatic heterocycles. The van der Waals surface area contributed by atoms with Gasteiger partial charge in [0.2, 0.25) is 11.9 Å². The van der Waals surface area contributed by atoms with Crippen LogP contribution in [-0.2, 0) is 4.79 Å². The number of hydrogen-bond acceptors (Lipinski definition) is 5. The van der Waals surface area contributed by atoms with Crippen molar-refractivity contribution in [1.82, 2.24) is 9.97 Å². The lowest BCUT2D eigenvalue weighted by molar-refractivity contribution is -0.117. The van der Waals surface area contributed by atoms with E-state index in [0.717, 1.165) is 25.2 Å². The Labute approximate surface area is 164 Å². The number of ether oxygens (including phenoxy) is 1. The van der Waals surface area contributed by atoms with Crippen LogP contribution in [0.2, 0.25) is 0 Å². The van der Waals surface area contributed by atoms with Crippen molar-refractivity contribution in [3.8, 4) is 5.75 Å². The number of para-hydroxylation sites is 2. The van der Waals surface area contributed by atoms with Crippen LogP contribution in [0.4, 0.5) is 11.6 Å². The molecule has 0 spiro atoms. The van der Waals surface area contributed by atoms with Gasteiger partial charge in [-0.3, -0.25) is 14.6 Å². The Morgan fingerprint density at radius 3 is 2.82 bits per heavy atom. The number of aromatic nitrogens is 2. The van der Waals surface area contributed by atoms with E-state index in [0.29, 0.717) is 36.3 Å². The van der Waals surface area contributed by atoms with Crippen LogP contribution in [0.3, 0.4) is 0 Å². The summed E-state index contributed by atoms with van der Waals surface area (Å²) in [7, 11) is 1.60. The van der Waals surface area contributed by atoms with Crippen molar-refractivity contribution < 1.29 is 9.53 Å². The molecule has 0 saturated carbocycles. The summed E-state index contributed by atoms with van der Waals surface area (Å²) in [5.41, 5.74) is 1.27. The van der Waals surface area contributed by atoms with Crippen LogP contribution < -0.4 is 20.1 Å². The third kappa shape index (κ3) is 3.61. The normalized spacial score (nSPS) is 22.6. The minimum atomic E-state index is -0.165. The number of anilines is 2. The van der Waals surface area contributed by atoms with Crippen LogP contribution in [0.15, 0.2) is 35.1 Å². The van der Waals surface area contributed by atoms with E-state index >= 15 is 0 Å².